The van der Waals surface area contributed by atoms with Crippen molar-refractivity contribution in [1.29, 1.82) is 0 Å². The third kappa shape index (κ3) is 15.3. The predicted octanol–water partition coefficient (Wildman–Crippen LogP) is 38.1. The van der Waals surface area contributed by atoms with E-state index in [0.29, 0.717) is 0 Å². The fourth-order valence-electron chi connectivity index (χ4n) is 20.4. The van der Waals surface area contributed by atoms with Crippen LogP contribution in [0.2, 0.25) is 0 Å². The van der Waals surface area contributed by atoms with Crippen molar-refractivity contribution in [3.05, 3.63) is 528 Å². The molecule has 0 amide bonds. The SMILES string of the molecule is c1ccc(-c2ccc(N(c3ccc4c(c3)oc3ccccc34)c3ccc4c(c3)c(-c3ccccc3)cc3ccccc34)cc2)cc1.c1ccc(-c2ccc(N(c3ccc4oc5ccccc5c4c3)c3cc4ccccc4c4ccc(-c5ccccc5)cc34)cc2)cc1.c1ccc(-c2ccc(N(c3ccc4oc5ccccc5c4c3)c3cc4ccccc4c4ccc(-c5ccccc5)cc34)cc2)cc1. The molecule has 0 spiro atoms. The quantitative estimate of drug-likeness (QED) is 0.0954. The van der Waals surface area contributed by atoms with E-state index in [4.69, 9.17) is 13.3 Å². The fourth-order valence-corrected chi connectivity index (χ4v) is 20.4. The van der Waals surface area contributed by atoms with Gasteiger partial charge in [-0.2, -0.15) is 0 Å². The lowest BCUT2D eigenvalue weighted by molar-refractivity contribution is 0.668. The van der Waals surface area contributed by atoms with Crippen molar-refractivity contribution in [1.82, 2.24) is 0 Å². The third-order valence-corrected chi connectivity index (χ3v) is 27.1. The first-order chi connectivity index (χ1) is 68.4. The molecule has 0 aliphatic heterocycles. The molecular formula is C132H87N3O3. The van der Waals surface area contributed by atoms with Gasteiger partial charge in [-0.25, -0.2) is 0 Å². The largest absolute Gasteiger partial charge is 0.456 e. The van der Waals surface area contributed by atoms with Crippen LogP contribution in [0.25, 0.3) is 197 Å². The summed E-state index contributed by atoms with van der Waals surface area (Å²) in [4.78, 5) is 7.14. The summed E-state index contributed by atoms with van der Waals surface area (Å²) in [6.45, 7) is 0. The van der Waals surface area contributed by atoms with Crippen molar-refractivity contribution in [2.75, 3.05) is 14.7 Å². The maximum atomic E-state index is 6.36. The normalized spacial score (nSPS) is 11.5. The van der Waals surface area contributed by atoms with E-state index in [1.165, 1.54) is 131 Å². The molecule has 648 valence electrons. The molecule has 24 aromatic carbocycles. The maximum absolute atomic E-state index is 6.36. The van der Waals surface area contributed by atoms with E-state index in [9.17, 15) is 0 Å². The van der Waals surface area contributed by atoms with E-state index in [0.717, 1.165) is 117 Å². The average Bonchev–Trinajstić information content (AvgIpc) is 0.952. The van der Waals surface area contributed by atoms with Crippen LogP contribution >= 0.6 is 0 Å². The number of para-hydroxylation sites is 3. The van der Waals surface area contributed by atoms with Crippen molar-refractivity contribution < 1.29 is 13.3 Å². The summed E-state index contributed by atoms with van der Waals surface area (Å²) in [5.74, 6) is 0. The van der Waals surface area contributed by atoms with Gasteiger partial charge in [0, 0.05) is 89.0 Å². The third-order valence-electron chi connectivity index (χ3n) is 27.1. The lowest BCUT2D eigenvalue weighted by Gasteiger charge is -2.28. The Balaban J connectivity index is 0.000000110. The second kappa shape index (κ2) is 35.3. The molecular weight excluding hydrogens is 1680 g/mol. The van der Waals surface area contributed by atoms with Crippen molar-refractivity contribution in [2.45, 2.75) is 0 Å². The summed E-state index contributed by atoms with van der Waals surface area (Å²) >= 11 is 0. The number of hydrogen-bond acceptors (Lipinski definition) is 6. The van der Waals surface area contributed by atoms with Crippen LogP contribution in [0.1, 0.15) is 0 Å². The minimum Gasteiger partial charge on any atom is -0.456 e. The molecule has 138 heavy (non-hydrogen) atoms. The molecule has 27 rings (SSSR count). The first-order valence-electron chi connectivity index (χ1n) is 47.0. The number of hydrogen-bond donors (Lipinski definition) is 0. The van der Waals surface area contributed by atoms with Gasteiger partial charge in [0.25, 0.3) is 0 Å². The van der Waals surface area contributed by atoms with Crippen LogP contribution in [-0.4, -0.2) is 0 Å². The van der Waals surface area contributed by atoms with Crippen LogP contribution in [0.3, 0.4) is 0 Å². The van der Waals surface area contributed by atoms with Crippen LogP contribution in [0.4, 0.5) is 51.2 Å². The van der Waals surface area contributed by atoms with E-state index in [1.807, 2.05) is 36.4 Å². The van der Waals surface area contributed by atoms with Crippen molar-refractivity contribution in [3.8, 4) is 66.8 Å². The Morgan fingerprint density at radius 1 is 0.116 bits per heavy atom. The van der Waals surface area contributed by atoms with Gasteiger partial charge < -0.3 is 28.0 Å². The second-order valence-electron chi connectivity index (χ2n) is 35.3. The van der Waals surface area contributed by atoms with Crippen LogP contribution < -0.4 is 14.7 Å². The van der Waals surface area contributed by atoms with Gasteiger partial charge in [-0.1, -0.05) is 376 Å². The summed E-state index contributed by atoms with van der Waals surface area (Å²) < 4.78 is 18.8. The predicted molar refractivity (Wildman–Crippen MR) is 583 cm³/mol. The fraction of sp³-hybridized carbons (Fsp3) is 0. The van der Waals surface area contributed by atoms with Crippen LogP contribution in [0.15, 0.2) is 541 Å². The standard InChI is InChI=1S/3C44H29NO/c2*1-3-11-30(12-4-1)32-19-22-35(23-20-32)45(36-24-26-44-41(29-36)39-17-9-10-18-43(39)46-44)42-28-34-15-7-8-16-37(34)38-25-21-33(27-40(38)42)31-13-5-2-6-14-31;1-3-11-30(12-4-1)31-19-21-34(22-20-31)45(36-24-26-40-39-17-9-10-18-43(39)46-44(40)29-36)35-23-25-38-37-16-8-7-15-33(37)27-41(42(38)28-35)32-13-5-2-6-14-32/h3*1-29H. The molecule has 6 nitrogen and oxygen atoms in total. The Labute approximate surface area is 798 Å². The summed E-state index contributed by atoms with van der Waals surface area (Å²) in [7, 11) is 0. The van der Waals surface area contributed by atoms with E-state index >= 15 is 0 Å². The molecule has 0 bridgehead atoms. The Morgan fingerprint density at radius 3 is 0.768 bits per heavy atom. The Hall–Kier alpha value is -18.4. The monoisotopic (exact) mass is 1760 g/mol. The van der Waals surface area contributed by atoms with E-state index < -0.39 is 0 Å². The van der Waals surface area contributed by atoms with Crippen LogP contribution in [0.5, 0.6) is 0 Å². The van der Waals surface area contributed by atoms with Gasteiger partial charge in [-0.05, 0) is 266 Å². The maximum Gasteiger partial charge on any atom is 0.137 e. The number of fused-ring (bicyclic) bond motifs is 18. The number of nitrogens with zero attached hydrogens (tertiary/aromatic N) is 3. The zero-order valence-corrected chi connectivity index (χ0v) is 75.3. The molecule has 0 N–H and O–H groups in total. The molecule has 27 aromatic rings. The second-order valence-corrected chi connectivity index (χ2v) is 35.3. The first kappa shape index (κ1) is 81.6. The molecule has 0 saturated heterocycles. The van der Waals surface area contributed by atoms with E-state index in [-0.39, 0.29) is 0 Å². The van der Waals surface area contributed by atoms with Crippen molar-refractivity contribution in [2.24, 2.45) is 0 Å². The smallest absolute Gasteiger partial charge is 0.137 e. The molecule has 3 aromatic heterocycles. The van der Waals surface area contributed by atoms with Crippen molar-refractivity contribution in [3.63, 3.8) is 0 Å². The number of rotatable bonds is 15. The molecule has 0 aliphatic carbocycles. The van der Waals surface area contributed by atoms with Gasteiger partial charge in [0.15, 0.2) is 0 Å². The topological polar surface area (TPSA) is 49.1 Å². The van der Waals surface area contributed by atoms with Gasteiger partial charge in [-0.15, -0.1) is 0 Å². The lowest BCUT2D eigenvalue weighted by Crippen LogP contribution is -2.10. The van der Waals surface area contributed by atoms with E-state index in [1.54, 1.807) is 0 Å². The highest BCUT2D eigenvalue weighted by atomic mass is 16.3. The highest BCUT2D eigenvalue weighted by Crippen LogP contribution is 2.50. The molecule has 0 unspecified atom stereocenters. The molecule has 0 fully saturated rings. The number of anilines is 9. The molecule has 0 saturated carbocycles. The zero-order valence-electron chi connectivity index (χ0n) is 75.3. The molecule has 0 atom stereocenters. The molecule has 6 heteroatoms. The molecule has 3 heterocycles. The summed E-state index contributed by atoms with van der Waals surface area (Å²) in [5, 5.41) is 21.4. The van der Waals surface area contributed by atoms with Crippen molar-refractivity contribution >= 4 is 182 Å². The average molecular weight is 1760 g/mol. The molecule has 0 radical (unpaired) electrons. The van der Waals surface area contributed by atoms with Crippen LogP contribution in [0, 0.1) is 0 Å². The Bertz CT molecular complexity index is 8880. The summed E-state index contributed by atoms with van der Waals surface area (Å²) in [6.07, 6.45) is 0. The Kier molecular flexibility index (Phi) is 20.9. The van der Waals surface area contributed by atoms with Gasteiger partial charge in [0.2, 0.25) is 0 Å². The Morgan fingerprint density at radius 2 is 0.362 bits per heavy atom. The van der Waals surface area contributed by atoms with Gasteiger partial charge in [0.1, 0.15) is 33.5 Å². The van der Waals surface area contributed by atoms with Gasteiger partial charge in [-0.3, -0.25) is 0 Å². The highest BCUT2D eigenvalue weighted by molar-refractivity contribution is 6.20. The zero-order chi connectivity index (χ0) is 91.4. The van der Waals surface area contributed by atoms with E-state index in [2.05, 4.69) is 506 Å². The summed E-state index contributed by atoms with van der Waals surface area (Å²) in [6, 6.07) is 189. The van der Waals surface area contributed by atoms with Gasteiger partial charge >= 0.3 is 0 Å². The number of furan rings is 3. The highest BCUT2D eigenvalue weighted by Gasteiger charge is 2.26. The minimum absolute atomic E-state index is 0.876. The lowest BCUT2D eigenvalue weighted by atomic mass is 9.92. The first-order valence-corrected chi connectivity index (χ1v) is 47.0. The number of benzene rings is 24. The summed E-state index contributed by atoms with van der Waals surface area (Å²) in [5.41, 5.74) is 29.6. The van der Waals surface area contributed by atoms with Gasteiger partial charge in [0.05, 0.1) is 11.4 Å². The molecule has 0 aliphatic rings. The minimum atomic E-state index is 0.876. The van der Waals surface area contributed by atoms with Crippen LogP contribution in [-0.2, 0) is 0 Å².